The number of rotatable bonds is 5. The molecule has 0 aliphatic carbocycles. The topological polar surface area (TPSA) is 32.3 Å². The van der Waals surface area contributed by atoms with Gasteiger partial charge in [-0.05, 0) is 56.7 Å². The Hall–Kier alpha value is -2.50. The van der Waals surface area contributed by atoms with Crippen LogP contribution in [0.5, 0.6) is 0 Å². The van der Waals surface area contributed by atoms with E-state index in [1.54, 1.807) is 6.07 Å². The van der Waals surface area contributed by atoms with Gasteiger partial charge in [0.2, 0.25) is 0 Å². The van der Waals surface area contributed by atoms with Crippen LogP contribution in [0.4, 0.5) is 24.5 Å². The van der Waals surface area contributed by atoms with Crippen molar-refractivity contribution in [2.45, 2.75) is 20.8 Å². The smallest absolute Gasteiger partial charge is 0.258 e. The second-order valence-corrected chi connectivity index (χ2v) is 5.35. The van der Waals surface area contributed by atoms with Gasteiger partial charge in [0.15, 0.2) is 17.5 Å². The van der Waals surface area contributed by atoms with E-state index >= 15 is 0 Å². The number of anilines is 2. The number of carbonyl (C=O) groups excluding carboxylic acids is 1. The molecule has 0 aromatic heterocycles. The first-order valence-electron chi connectivity index (χ1n) is 7.69. The summed E-state index contributed by atoms with van der Waals surface area (Å²) in [7, 11) is 0. The number of aryl methyl sites for hydroxylation is 1. The van der Waals surface area contributed by atoms with Crippen LogP contribution in [-0.2, 0) is 0 Å². The third kappa shape index (κ3) is 3.53. The normalized spacial score (nSPS) is 10.6. The van der Waals surface area contributed by atoms with Crippen molar-refractivity contribution in [2.75, 3.05) is 23.3 Å². The molecular formula is C18H19F3N2O. The summed E-state index contributed by atoms with van der Waals surface area (Å²) >= 11 is 0. The predicted octanol–water partition coefficient (Wildman–Crippen LogP) is 4.51. The number of benzene rings is 2. The van der Waals surface area contributed by atoms with Gasteiger partial charge in [-0.3, -0.25) is 4.79 Å². The molecule has 0 fully saturated rings. The molecule has 2 aromatic carbocycles. The average Bonchev–Trinajstić information content (AvgIpc) is 2.56. The monoisotopic (exact) mass is 336 g/mol. The quantitative estimate of drug-likeness (QED) is 0.815. The summed E-state index contributed by atoms with van der Waals surface area (Å²) < 4.78 is 39.9. The third-order valence-corrected chi connectivity index (χ3v) is 3.87. The Labute approximate surface area is 139 Å². The summed E-state index contributed by atoms with van der Waals surface area (Å²) in [5, 5.41) is 2.53. The number of amides is 1. The SMILES string of the molecule is CCN(CC)c1ccc(NC(=O)c2ccc(F)c(F)c2F)c(C)c1. The maximum Gasteiger partial charge on any atom is 0.258 e. The molecule has 0 atom stereocenters. The van der Waals surface area contributed by atoms with Gasteiger partial charge in [0.1, 0.15) is 0 Å². The highest BCUT2D eigenvalue weighted by Crippen LogP contribution is 2.24. The lowest BCUT2D eigenvalue weighted by Gasteiger charge is -2.22. The van der Waals surface area contributed by atoms with Crippen molar-refractivity contribution < 1.29 is 18.0 Å². The average molecular weight is 336 g/mol. The van der Waals surface area contributed by atoms with Crippen LogP contribution >= 0.6 is 0 Å². The van der Waals surface area contributed by atoms with E-state index in [1.807, 2.05) is 32.9 Å². The summed E-state index contributed by atoms with van der Waals surface area (Å²) in [4.78, 5) is 14.3. The van der Waals surface area contributed by atoms with Crippen LogP contribution in [0.15, 0.2) is 30.3 Å². The van der Waals surface area contributed by atoms with E-state index in [-0.39, 0.29) is 0 Å². The molecule has 0 saturated carbocycles. The second-order valence-electron chi connectivity index (χ2n) is 5.35. The highest BCUT2D eigenvalue weighted by molar-refractivity contribution is 6.04. The van der Waals surface area contributed by atoms with Crippen molar-refractivity contribution >= 4 is 17.3 Å². The lowest BCUT2D eigenvalue weighted by Crippen LogP contribution is -2.22. The molecule has 0 aliphatic heterocycles. The summed E-state index contributed by atoms with van der Waals surface area (Å²) in [5.74, 6) is -5.31. The van der Waals surface area contributed by atoms with Crippen LogP contribution in [0, 0.1) is 24.4 Å². The first kappa shape index (κ1) is 17.8. The zero-order valence-corrected chi connectivity index (χ0v) is 13.8. The first-order valence-corrected chi connectivity index (χ1v) is 7.69. The number of carbonyl (C=O) groups is 1. The van der Waals surface area contributed by atoms with E-state index in [1.165, 1.54) is 0 Å². The molecule has 1 N–H and O–H groups in total. The zero-order chi connectivity index (χ0) is 17.9. The van der Waals surface area contributed by atoms with E-state index in [4.69, 9.17) is 0 Å². The Morgan fingerprint density at radius 3 is 2.29 bits per heavy atom. The molecule has 0 bridgehead atoms. The number of hydrogen-bond acceptors (Lipinski definition) is 2. The molecule has 0 spiro atoms. The van der Waals surface area contributed by atoms with E-state index in [9.17, 15) is 18.0 Å². The molecule has 24 heavy (non-hydrogen) atoms. The van der Waals surface area contributed by atoms with Gasteiger partial charge < -0.3 is 10.2 Å². The minimum Gasteiger partial charge on any atom is -0.372 e. The molecule has 3 nitrogen and oxygen atoms in total. The van der Waals surface area contributed by atoms with Gasteiger partial charge in [0, 0.05) is 24.5 Å². The van der Waals surface area contributed by atoms with E-state index in [2.05, 4.69) is 10.2 Å². The molecule has 1 amide bonds. The van der Waals surface area contributed by atoms with Crippen molar-refractivity contribution in [3.8, 4) is 0 Å². The molecule has 2 aromatic rings. The van der Waals surface area contributed by atoms with Gasteiger partial charge in [-0.15, -0.1) is 0 Å². The number of hydrogen-bond donors (Lipinski definition) is 1. The number of halogens is 3. The maximum absolute atomic E-state index is 13.7. The Morgan fingerprint density at radius 2 is 1.71 bits per heavy atom. The van der Waals surface area contributed by atoms with Gasteiger partial charge in [0.05, 0.1) is 5.56 Å². The van der Waals surface area contributed by atoms with Gasteiger partial charge in [-0.2, -0.15) is 0 Å². The Morgan fingerprint density at radius 1 is 1.04 bits per heavy atom. The number of nitrogens with zero attached hydrogens (tertiary/aromatic N) is 1. The van der Waals surface area contributed by atoms with Crippen molar-refractivity contribution in [1.82, 2.24) is 0 Å². The van der Waals surface area contributed by atoms with Crippen LogP contribution in [0.2, 0.25) is 0 Å². The molecule has 128 valence electrons. The molecule has 6 heteroatoms. The van der Waals surface area contributed by atoms with Gasteiger partial charge in [0.25, 0.3) is 5.91 Å². The molecule has 0 aliphatic rings. The molecule has 2 rings (SSSR count). The van der Waals surface area contributed by atoms with Gasteiger partial charge in [-0.1, -0.05) is 0 Å². The van der Waals surface area contributed by atoms with Crippen molar-refractivity contribution in [2.24, 2.45) is 0 Å². The van der Waals surface area contributed by atoms with E-state index < -0.39 is 28.9 Å². The highest BCUT2D eigenvalue weighted by Gasteiger charge is 2.19. The third-order valence-electron chi connectivity index (χ3n) is 3.87. The fourth-order valence-corrected chi connectivity index (χ4v) is 2.46. The Balaban J connectivity index is 2.25. The van der Waals surface area contributed by atoms with Crippen molar-refractivity contribution in [3.05, 3.63) is 58.9 Å². The molecular weight excluding hydrogens is 317 g/mol. The standard InChI is InChI=1S/C18H19F3N2O/c1-4-23(5-2)12-6-9-15(11(3)10-12)22-18(24)13-7-8-14(19)17(21)16(13)20/h6-10H,4-5H2,1-3H3,(H,22,24). The van der Waals surface area contributed by atoms with Crippen molar-refractivity contribution in [3.63, 3.8) is 0 Å². The van der Waals surface area contributed by atoms with E-state index in [0.717, 1.165) is 36.5 Å². The minimum atomic E-state index is -1.66. The van der Waals surface area contributed by atoms with Crippen LogP contribution in [0.3, 0.4) is 0 Å². The lowest BCUT2D eigenvalue weighted by atomic mass is 10.1. The summed E-state index contributed by atoms with van der Waals surface area (Å²) in [6.07, 6.45) is 0. The summed E-state index contributed by atoms with van der Waals surface area (Å²) in [6.45, 7) is 7.59. The zero-order valence-electron chi connectivity index (χ0n) is 13.8. The van der Waals surface area contributed by atoms with Crippen LogP contribution in [0.1, 0.15) is 29.8 Å². The maximum atomic E-state index is 13.7. The van der Waals surface area contributed by atoms with Gasteiger partial charge >= 0.3 is 0 Å². The fourth-order valence-electron chi connectivity index (χ4n) is 2.46. The largest absolute Gasteiger partial charge is 0.372 e. The second kappa shape index (κ2) is 7.38. The summed E-state index contributed by atoms with van der Waals surface area (Å²) in [6, 6.07) is 7.10. The van der Waals surface area contributed by atoms with E-state index in [0.29, 0.717) is 5.69 Å². The highest BCUT2D eigenvalue weighted by atomic mass is 19.2. The first-order chi connectivity index (χ1) is 11.4. The lowest BCUT2D eigenvalue weighted by molar-refractivity contribution is 0.102. The Bertz CT molecular complexity index is 758. The van der Waals surface area contributed by atoms with Gasteiger partial charge in [-0.25, -0.2) is 13.2 Å². The molecule has 0 radical (unpaired) electrons. The molecule has 0 heterocycles. The van der Waals surface area contributed by atoms with Crippen LogP contribution in [0.25, 0.3) is 0 Å². The van der Waals surface area contributed by atoms with Crippen molar-refractivity contribution in [1.29, 1.82) is 0 Å². The molecule has 0 unspecified atom stereocenters. The fraction of sp³-hybridized carbons (Fsp3) is 0.278. The van der Waals surface area contributed by atoms with Crippen LogP contribution < -0.4 is 10.2 Å². The van der Waals surface area contributed by atoms with Crippen LogP contribution in [-0.4, -0.2) is 19.0 Å². The minimum absolute atomic E-state index is 0.486. The Kier molecular flexibility index (Phi) is 5.49. The summed E-state index contributed by atoms with van der Waals surface area (Å²) in [5.41, 5.74) is 1.74. The number of nitrogens with one attached hydrogen (secondary N) is 1. The molecule has 0 saturated heterocycles. The predicted molar refractivity (Wildman–Crippen MR) is 89.0 cm³/mol.